The minimum absolute atomic E-state index is 4.89. The Bertz CT molecular complexity index is 359. The number of hydrogen-bond acceptors (Lipinski definition) is 1. The molecule has 0 N–H and O–H groups in total. The maximum Gasteiger partial charge on any atom is 0.461 e. The molecule has 0 fully saturated rings. The highest BCUT2D eigenvalue weighted by molar-refractivity contribution is 5.93. The van der Waals surface area contributed by atoms with Gasteiger partial charge in [0.1, 0.15) is 0 Å². The Hall–Kier alpha value is -1.17. The molecule has 19 heavy (non-hydrogen) atoms. The zero-order valence-corrected chi connectivity index (χ0v) is 7.94. The molecule has 0 unspecified atom stereocenters. The Balaban J connectivity index is 5.78. The van der Waals surface area contributed by atoms with Crippen molar-refractivity contribution in [2.24, 2.45) is 0 Å². The van der Waals surface area contributed by atoms with Crippen molar-refractivity contribution in [1.82, 2.24) is 0 Å². The number of ketones is 1. The Kier molecular flexibility index (Phi) is 3.91. The van der Waals surface area contributed by atoms with Crippen molar-refractivity contribution >= 4 is 5.78 Å². The summed E-state index contributed by atoms with van der Waals surface area (Å²) in [6.45, 7) is 0. The van der Waals surface area contributed by atoms with Gasteiger partial charge in [-0.05, 0) is 0 Å². The highest BCUT2D eigenvalue weighted by Gasteiger charge is 2.82. The summed E-state index contributed by atoms with van der Waals surface area (Å²) in [6, 6.07) is 0. The molecule has 1 nitrogen and oxygen atoms in total. The first-order chi connectivity index (χ1) is 7.90. The van der Waals surface area contributed by atoms with E-state index in [1.807, 2.05) is 0 Å². The van der Waals surface area contributed by atoms with Crippen LogP contribution in [0.5, 0.6) is 0 Å². The minimum atomic E-state index is -7.38. The van der Waals surface area contributed by atoms with Crippen molar-refractivity contribution in [3.05, 3.63) is 0 Å². The van der Waals surface area contributed by atoms with E-state index in [2.05, 4.69) is 0 Å². The van der Waals surface area contributed by atoms with Crippen LogP contribution >= 0.6 is 0 Å². The Morgan fingerprint density at radius 1 is 0.526 bits per heavy atom. The molecule has 0 aromatic heterocycles. The fourth-order valence-corrected chi connectivity index (χ4v) is 0.646. The van der Waals surface area contributed by atoms with Crippen LogP contribution in [0, 0.1) is 0 Å². The second-order valence-corrected chi connectivity index (χ2v) is 3.05. The van der Waals surface area contributed by atoms with Gasteiger partial charge >= 0.3 is 30.1 Å². The molecule has 0 aromatic carbocycles. The molecular weight excluding hydrogens is 316 g/mol. The quantitative estimate of drug-likeness (QED) is 0.727. The van der Waals surface area contributed by atoms with Crippen LogP contribution in [0.1, 0.15) is 0 Å². The third-order valence-corrected chi connectivity index (χ3v) is 1.68. The van der Waals surface area contributed by atoms with Gasteiger partial charge in [0.15, 0.2) is 0 Å². The third-order valence-electron chi connectivity index (χ3n) is 1.68. The molecule has 0 aliphatic rings. The van der Waals surface area contributed by atoms with E-state index in [1.54, 1.807) is 0 Å². The Morgan fingerprint density at radius 2 is 0.842 bits per heavy atom. The molecule has 114 valence electrons. The number of alkyl halides is 12. The van der Waals surface area contributed by atoms with E-state index in [0.717, 1.165) is 0 Å². The highest BCUT2D eigenvalue weighted by atomic mass is 19.4. The van der Waals surface area contributed by atoms with Crippen LogP contribution in [0.3, 0.4) is 0 Å². The molecule has 0 aliphatic heterocycles. The van der Waals surface area contributed by atoms with Gasteiger partial charge in [0, 0.05) is 0 Å². The molecule has 0 rings (SSSR count). The van der Waals surface area contributed by atoms with Gasteiger partial charge in [-0.15, -0.1) is 0 Å². The second kappa shape index (κ2) is 4.16. The highest BCUT2D eigenvalue weighted by Crippen LogP contribution is 2.51. The predicted molar refractivity (Wildman–Crippen MR) is 32.0 cm³/mol. The molecule has 13 heteroatoms. The molecule has 0 aliphatic carbocycles. The van der Waals surface area contributed by atoms with Crippen molar-refractivity contribution in [3.8, 4) is 0 Å². The molecule has 0 bridgehead atoms. The van der Waals surface area contributed by atoms with Gasteiger partial charge < -0.3 is 0 Å². The van der Waals surface area contributed by atoms with Gasteiger partial charge in [-0.1, -0.05) is 0 Å². The summed E-state index contributed by atoms with van der Waals surface area (Å²) in [7, 11) is 0. The van der Waals surface area contributed by atoms with E-state index < -0.39 is 35.9 Å². The molecule has 0 radical (unpaired) electrons. The summed E-state index contributed by atoms with van der Waals surface area (Å²) < 4.78 is 142. The van der Waals surface area contributed by atoms with E-state index in [1.165, 1.54) is 0 Å². The smallest absolute Gasteiger partial charge is 0.285 e. The van der Waals surface area contributed by atoms with Gasteiger partial charge in [0.2, 0.25) is 0 Å². The van der Waals surface area contributed by atoms with Crippen molar-refractivity contribution < 1.29 is 57.5 Å². The number of hydrogen-bond donors (Lipinski definition) is 0. The zero-order valence-electron chi connectivity index (χ0n) is 7.94. The molecule has 0 saturated carbocycles. The minimum Gasteiger partial charge on any atom is -0.285 e. The number of carbonyl (C=O) groups excluding carboxylic acids is 1. The predicted octanol–water partition coefficient (Wildman–Crippen LogP) is 3.59. The maximum absolute atomic E-state index is 12.3. The lowest BCUT2D eigenvalue weighted by molar-refractivity contribution is -0.353. The van der Waals surface area contributed by atoms with Gasteiger partial charge in [-0.25, -0.2) is 0 Å². The number of carbonyl (C=O) groups is 1. The first kappa shape index (κ1) is 17.8. The van der Waals surface area contributed by atoms with E-state index in [0.29, 0.717) is 0 Å². The first-order valence-electron chi connectivity index (χ1n) is 3.72. The van der Waals surface area contributed by atoms with E-state index in [-0.39, 0.29) is 0 Å². The van der Waals surface area contributed by atoms with Gasteiger partial charge in [-0.3, -0.25) is 4.79 Å². The summed E-state index contributed by atoms with van der Waals surface area (Å²) in [6.07, 6.45) is -14.2. The van der Waals surface area contributed by atoms with Crippen molar-refractivity contribution in [2.45, 2.75) is 30.1 Å². The number of Topliss-reactive ketones (excluding diaryl/α,β-unsaturated/α-hetero) is 1. The lowest BCUT2D eigenvalue weighted by Gasteiger charge is -2.29. The normalized spacial score (nSPS) is 15.6. The van der Waals surface area contributed by atoms with Crippen LogP contribution in [-0.2, 0) is 4.79 Å². The molecule has 0 aromatic rings. The van der Waals surface area contributed by atoms with E-state index in [9.17, 15) is 57.5 Å². The maximum atomic E-state index is 12.3. The van der Waals surface area contributed by atoms with Gasteiger partial charge in [0.05, 0.1) is 0 Å². The van der Waals surface area contributed by atoms with Crippen LogP contribution in [-0.4, -0.2) is 35.9 Å². The van der Waals surface area contributed by atoms with E-state index in [4.69, 9.17) is 0 Å². The van der Waals surface area contributed by atoms with E-state index >= 15 is 0 Å². The SMILES string of the molecule is O=C(C(F)(F)C(F)(F)F)C(F)(F)C(F)(F)C(F)(F)F. The van der Waals surface area contributed by atoms with Crippen molar-refractivity contribution in [3.63, 3.8) is 0 Å². The number of rotatable bonds is 3. The Labute approximate surface area is 94.7 Å². The molecular formula is C6F12O. The monoisotopic (exact) mass is 316 g/mol. The lowest BCUT2D eigenvalue weighted by Crippen LogP contribution is -2.62. The summed E-state index contributed by atoms with van der Waals surface area (Å²) in [5, 5.41) is 0. The topological polar surface area (TPSA) is 17.1 Å². The lowest BCUT2D eigenvalue weighted by atomic mass is 10.0. The van der Waals surface area contributed by atoms with Gasteiger partial charge in [0.25, 0.3) is 5.78 Å². The van der Waals surface area contributed by atoms with Gasteiger partial charge in [-0.2, -0.15) is 52.7 Å². The molecule has 0 heterocycles. The Morgan fingerprint density at radius 3 is 1.05 bits per heavy atom. The zero-order chi connectivity index (χ0) is 16.1. The van der Waals surface area contributed by atoms with Crippen molar-refractivity contribution in [2.75, 3.05) is 0 Å². The third kappa shape index (κ3) is 2.59. The number of halogens is 12. The van der Waals surface area contributed by atoms with Crippen LogP contribution in [0.15, 0.2) is 0 Å². The second-order valence-electron chi connectivity index (χ2n) is 3.05. The summed E-state index contributed by atoms with van der Waals surface area (Å²) in [5.74, 6) is -26.6. The largest absolute Gasteiger partial charge is 0.461 e. The summed E-state index contributed by atoms with van der Waals surface area (Å²) in [4.78, 5) is 10.0. The molecule has 0 spiro atoms. The summed E-state index contributed by atoms with van der Waals surface area (Å²) in [5.41, 5.74) is 0. The average Bonchev–Trinajstić information content (AvgIpc) is 2.12. The van der Waals surface area contributed by atoms with Crippen LogP contribution in [0.4, 0.5) is 52.7 Å². The fraction of sp³-hybridized carbons (Fsp3) is 0.833. The van der Waals surface area contributed by atoms with Crippen LogP contribution < -0.4 is 0 Å². The van der Waals surface area contributed by atoms with Crippen LogP contribution in [0.25, 0.3) is 0 Å². The summed E-state index contributed by atoms with van der Waals surface area (Å²) >= 11 is 0. The molecule has 0 saturated heterocycles. The molecule has 0 amide bonds. The van der Waals surface area contributed by atoms with Crippen LogP contribution in [0.2, 0.25) is 0 Å². The first-order valence-corrected chi connectivity index (χ1v) is 3.72. The fourth-order valence-electron chi connectivity index (χ4n) is 0.646. The van der Waals surface area contributed by atoms with Crippen molar-refractivity contribution in [1.29, 1.82) is 0 Å². The molecule has 0 atom stereocenters. The average molecular weight is 316 g/mol. The standard InChI is InChI=1S/C6F12O/c7-2(8,4(11,12)6(16,17)18)1(19)3(9,10)5(13,14)15.